The minimum Gasteiger partial charge on any atom is -0.497 e. The molecule has 0 saturated heterocycles. The van der Waals surface area contributed by atoms with Crippen molar-refractivity contribution in [1.29, 1.82) is 0 Å². The molecule has 0 bridgehead atoms. The molecule has 34 heavy (non-hydrogen) atoms. The number of amides is 2. The molecule has 176 valence electrons. The van der Waals surface area contributed by atoms with Gasteiger partial charge in [-0.15, -0.1) is 0 Å². The van der Waals surface area contributed by atoms with Gasteiger partial charge in [-0.05, 0) is 55.3 Å². The molecule has 1 aliphatic rings. The molecule has 9 heteroatoms. The number of carbonyl (C=O) groups is 3. The summed E-state index contributed by atoms with van der Waals surface area (Å²) in [5, 5.41) is 2.60. The lowest BCUT2D eigenvalue weighted by atomic mass is 10.1. The SMILES string of the molecule is COc1ccc(C(=O)NC(=O)COC(=O)c2ccc3c(=O)n4c(nc3c2)CCCCCC4)cc1. The molecule has 0 fully saturated rings. The molecule has 1 N–H and O–H groups in total. The molecule has 0 radical (unpaired) electrons. The topological polar surface area (TPSA) is 117 Å². The van der Waals surface area contributed by atoms with Crippen LogP contribution in [0.1, 0.15) is 52.2 Å². The lowest BCUT2D eigenvalue weighted by molar-refractivity contribution is -0.123. The van der Waals surface area contributed by atoms with Crippen LogP contribution in [0.15, 0.2) is 47.3 Å². The Morgan fingerprint density at radius 3 is 2.50 bits per heavy atom. The van der Waals surface area contributed by atoms with Crippen LogP contribution in [0.4, 0.5) is 0 Å². The van der Waals surface area contributed by atoms with Crippen molar-refractivity contribution in [3.63, 3.8) is 0 Å². The summed E-state index contributed by atoms with van der Waals surface area (Å²) < 4.78 is 11.8. The van der Waals surface area contributed by atoms with Crippen LogP contribution in [0.2, 0.25) is 0 Å². The van der Waals surface area contributed by atoms with Crippen molar-refractivity contribution in [2.45, 2.75) is 38.6 Å². The number of ether oxygens (including phenoxy) is 2. The molecular formula is C25H25N3O6. The van der Waals surface area contributed by atoms with Crippen molar-refractivity contribution in [2.75, 3.05) is 13.7 Å². The maximum atomic E-state index is 12.9. The average Bonchev–Trinajstić information content (AvgIpc) is 2.83. The number of nitrogens with one attached hydrogen (secondary N) is 1. The van der Waals surface area contributed by atoms with Crippen LogP contribution in [0.5, 0.6) is 5.75 Å². The second-order valence-electron chi connectivity index (χ2n) is 8.06. The monoisotopic (exact) mass is 463 g/mol. The lowest BCUT2D eigenvalue weighted by Crippen LogP contribution is -2.34. The summed E-state index contributed by atoms with van der Waals surface area (Å²) in [5.74, 6) is -0.819. The van der Waals surface area contributed by atoms with Gasteiger partial charge in [-0.3, -0.25) is 24.3 Å². The maximum absolute atomic E-state index is 12.9. The van der Waals surface area contributed by atoms with E-state index in [0.717, 1.165) is 31.5 Å². The molecule has 0 spiro atoms. The van der Waals surface area contributed by atoms with Crippen molar-refractivity contribution in [2.24, 2.45) is 0 Å². The number of rotatable bonds is 5. The van der Waals surface area contributed by atoms with Gasteiger partial charge in [-0.2, -0.15) is 0 Å². The Morgan fingerprint density at radius 2 is 1.74 bits per heavy atom. The van der Waals surface area contributed by atoms with Crippen LogP contribution in [-0.2, 0) is 22.5 Å². The Balaban J connectivity index is 1.42. The van der Waals surface area contributed by atoms with Crippen LogP contribution in [0.25, 0.3) is 10.9 Å². The van der Waals surface area contributed by atoms with Crippen LogP contribution in [0.3, 0.4) is 0 Å². The zero-order valence-electron chi connectivity index (χ0n) is 18.8. The Morgan fingerprint density at radius 1 is 1.00 bits per heavy atom. The van der Waals surface area contributed by atoms with Gasteiger partial charge in [0, 0.05) is 18.5 Å². The number of hydrogen-bond acceptors (Lipinski definition) is 7. The number of fused-ring (bicyclic) bond motifs is 2. The Hall–Kier alpha value is -4.01. The Labute approximate surface area is 195 Å². The zero-order chi connectivity index (χ0) is 24.1. The predicted molar refractivity (Wildman–Crippen MR) is 124 cm³/mol. The number of carbonyl (C=O) groups excluding carboxylic acids is 3. The highest BCUT2D eigenvalue weighted by molar-refractivity contribution is 6.05. The Bertz CT molecular complexity index is 1300. The molecular weight excluding hydrogens is 438 g/mol. The number of nitrogens with zero attached hydrogens (tertiary/aromatic N) is 2. The lowest BCUT2D eigenvalue weighted by Gasteiger charge is -2.16. The van der Waals surface area contributed by atoms with E-state index in [1.807, 2.05) is 0 Å². The quantitative estimate of drug-likeness (QED) is 0.578. The van der Waals surface area contributed by atoms with E-state index in [9.17, 15) is 19.2 Å². The fraction of sp³-hybridized carbons (Fsp3) is 0.320. The van der Waals surface area contributed by atoms with Crippen molar-refractivity contribution < 1.29 is 23.9 Å². The molecule has 2 aromatic carbocycles. The first kappa shape index (κ1) is 23.2. The van der Waals surface area contributed by atoms with E-state index >= 15 is 0 Å². The first-order chi connectivity index (χ1) is 16.5. The second-order valence-corrected chi connectivity index (χ2v) is 8.06. The molecule has 0 aliphatic carbocycles. The summed E-state index contributed by atoms with van der Waals surface area (Å²) in [6.07, 6.45) is 4.80. The summed E-state index contributed by atoms with van der Waals surface area (Å²) in [5.41, 5.74) is 0.746. The van der Waals surface area contributed by atoms with Crippen LogP contribution in [0, 0.1) is 0 Å². The summed E-state index contributed by atoms with van der Waals surface area (Å²) in [6, 6.07) is 10.8. The van der Waals surface area contributed by atoms with Gasteiger partial charge in [0.15, 0.2) is 6.61 Å². The summed E-state index contributed by atoms with van der Waals surface area (Å²) in [7, 11) is 1.51. The molecule has 2 amide bonds. The van der Waals surface area contributed by atoms with Gasteiger partial charge in [0.25, 0.3) is 17.4 Å². The molecule has 4 rings (SSSR count). The first-order valence-electron chi connectivity index (χ1n) is 11.1. The number of esters is 1. The predicted octanol–water partition coefficient (Wildman–Crippen LogP) is 2.64. The highest BCUT2D eigenvalue weighted by Crippen LogP contribution is 2.17. The standard InChI is InChI=1S/C25H25N3O6/c1-33-18-10-7-16(8-11-18)23(30)27-22(29)15-34-25(32)17-9-12-19-20(14-17)26-21-6-4-2-3-5-13-28(21)24(19)31/h7-12,14H,2-6,13,15H2,1H3,(H,27,29,30). The van der Waals surface area contributed by atoms with E-state index < -0.39 is 24.4 Å². The summed E-state index contributed by atoms with van der Waals surface area (Å²) in [6.45, 7) is 0.0182. The fourth-order valence-corrected chi connectivity index (χ4v) is 3.91. The van der Waals surface area contributed by atoms with Gasteiger partial charge in [-0.25, -0.2) is 9.78 Å². The Kier molecular flexibility index (Phi) is 7.01. The van der Waals surface area contributed by atoms with Gasteiger partial charge in [0.2, 0.25) is 0 Å². The number of methoxy groups -OCH3 is 1. The van der Waals surface area contributed by atoms with Gasteiger partial charge in [-0.1, -0.05) is 12.8 Å². The van der Waals surface area contributed by atoms with Gasteiger partial charge < -0.3 is 9.47 Å². The van der Waals surface area contributed by atoms with Gasteiger partial charge >= 0.3 is 5.97 Å². The molecule has 2 heterocycles. The molecule has 0 saturated carbocycles. The highest BCUT2D eigenvalue weighted by atomic mass is 16.5. The van der Waals surface area contributed by atoms with E-state index in [-0.39, 0.29) is 16.7 Å². The van der Waals surface area contributed by atoms with Crippen molar-refractivity contribution in [1.82, 2.24) is 14.9 Å². The van der Waals surface area contributed by atoms with E-state index in [2.05, 4.69) is 10.3 Å². The zero-order valence-corrected chi connectivity index (χ0v) is 18.8. The van der Waals surface area contributed by atoms with Gasteiger partial charge in [0.1, 0.15) is 11.6 Å². The van der Waals surface area contributed by atoms with E-state index in [1.165, 1.54) is 31.4 Å². The molecule has 3 aromatic rings. The van der Waals surface area contributed by atoms with E-state index in [4.69, 9.17) is 9.47 Å². The van der Waals surface area contributed by atoms with Crippen LogP contribution >= 0.6 is 0 Å². The van der Waals surface area contributed by atoms with Gasteiger partial charge in [0.05, 0.1) is 23.6 Å². The average molecular weight is 463 g/mol. The second kappa shape index (κ2) is 10.3. The number of hydrogen-bond donors (Lipinski definition) is 1. The summed E-state index contributed by atoms with van der Waals surface area (Å²) >= 11 is 0. The molecule has 9 nitrogen and oxygen atoms in total. The van der Waals surface area contributed by atoms with Crippen molar-refractivity contribution in [3.05, 3.63) is 69.8 Å². The third-order valence-corrected chi connectivity index (χ3v) is 5.74. The van der Waals surface area contributed by atoms with Crippen molar-refractivity contribution in [3.8, 4) is 5.75 Å². The highest BCUT2D eigenvalue weighted by Gasteiger charge is 2.17. The minimum absolute atomic E-state index is 0.113. The van der Waals surface area contributed by atoms with E-state index in [0.29, 0.717) is 29.6 Å². The third kappa shape index (κ3) is 5.14. The largest absolute Gasteiger partial charge is 0.497 e. The van der Waals surface area contributed by atoms with Crippen LogP contribution in [-0.4, -0.2) is 41.1 Å². The maximum Gasteiger partial charge on any atom is 0.338 e. The molecule has 0 atom stereocenters. The van der Waals surface area contributed by atoms with Crippen molar-refractivity contribution >= 4 is 28.7 Å². The number of imide groups is 1. The normalized spacial score (nSPS) is 13.3. The third-order valence-electron chi connectivity index (χ3n) is 5.74. The number of aromatic nitrogens is 2. The molecule has 1 aliphatic heterocycles. The first-order valence-corrected chi connectivity index (χ1v) is 11.1. The number of benzene rings is 2. The smallest absolute Gasteiger partial charge is 0.338 e. The molecule has 0 unspecified atom stereocenters. The minimum atomic E-state index is -0.757. The number of aryl methyl sites for hydroxylation is 1. The molecule has 1 aromatic heterocycles. The summed E-state index contributed by atoms with van der Waals surface area (Å²) in [4.78, 5) is 54.2. The van der Waals surface area contributed by atoms with E-state index in [1.54, 1.807) is 22.8 Å². The van der Waals surface area contributed by atoms with Crippen LogP contribution < -0.4 is 15.6 Å². The fourth-order valence-electron chi connectivity index (χ4n) is 3.91.